The maximum atomic E-state index is 13.0. The predicted molar refractivity (Wildman–Crippen MR) is 89.7 cm³/mol. The van der Waals surface area contributed by atoms with E-state index < -0.39 is 11.6 Å². The Morgan fingerprint density at radius 3 is 2.65 bits per heavy atom. The fourth-order valence-corrected chi connectivity index (χ4v) is 2.31. The number of rotatable bonds is 3. The van der Waals surface area contributed by atoms with Crippen molar-refractivity contribution in [1.82, 2.24) is 0 Å². The number of phenolic OH excluding ortho intramolecular Hbond substituents is 1. The summed E-state index contributed by atoms with van der Waals surface area (Å²) in [6.45, 7) is 0. The highest BCUT2D eigenvalue weighted by Gasteiger charge is 2.03. The highest BCUT2D eigenvalue weighted by Crippen LogP contribution is 2.23. The Morgan fingerprint density at radius 1 is 1.04 bits per heavy atom. The number of benzene rings is 3. The Balaban J connectivity index is 1.78. The van der Waals surface area contributed by atoms with Crippen molar-refractivity contribution < 1.29 is 14.3 Å². The zero-order chi connectivity index (χ0) is 16.2. The van der Waals surface area contributed by atoms with Gasteiger partial charge in [0.1, 0.15) is 0 Å². The van der Waals surface area contributed by atoms with Gasteiger partial charge in [-0.25, -0.2) is 4.39 Å². The minimum absolute atomic E-state index is 0.301. The van der Waals surface area contributed by atoms with E-state index in [1.165, 1.54) is 24.3 Å². The lowest BCUT2D eigenvalue weighted by Crippen LogP contribution is -2.07. The first kappa shape index (κ1) is 14.8. The quantitative estimate of drug-likeness (QED) is 0.707. The number of amides is 1. The van der Waals surface area contributed by atoms with E-state index in [4.69, 9.17) is 0 Å². The van der Waals surface area contributed by atoms with Crippen LogP contribution in [0.3, 0.4) is 0 Å². The van der Waals surface area contributed by atoms with Crippen LogP contribution in [-0.4, -0.2) is 11.0 Å². The summed E-state index contributed by atoms with van der Waals surface area (Å²) in [5.74, 6) is -1.44. The third-order valence-corrected chi connectivity index (χ3v) is 3.44. The third-order valence-electron chi connectivity index (χ3n) is 3.44. The summed E-state index contributed by atoms with van der Waals surface area (Å²) in [6.07, 6.45) is 2.86. The van der Waals surface area contributed by atoms with Gasteiger partial charge in [-0.05, 0) is 35.2 Å². The fourth-order valence-electron chi connectivity index (χ4n) is 2.31. The van der Waals surface area contributed by atoms with Crippen LogP contribution in [0.1, 0.15) is 5.56 Å². The Hall–Kier alpha value is -3.14. The molecule has 0 bridgehead atoms. The van der Waals surface area contributed by atoms with Crippen LogP contribution in [0.2, 0.25) is 0 Å². The first-order chi connectivity index (χ1) is 11.1. The monoisotopic (exact) mass is 307 g/mol. The molecule has 0 saturated heterocycles. The fraction of sp³-hybridized carbons (Fsp3) is 0. The lowest BCUT2D eigenvalue weighted by Gasteiger charge is -2.06. The molecule has 23 heavy (non-hydrogen) atoms. The number of anilines is 1. The average molecular weight is 307 g/mol. The Morgan fingerprint density at radius 2 is 1.83 bits per heavy atom. The van der Waals surface area contributed by atoms with Crippen molar-refractivity contribution in [1.29, 1.82) is 0 Å². The molecule has 114 valence electrons. The SMILES string of the molecule is O=C(/C=C/c1ccc(F)c(O)c1)Nc1cccc2ccccc12. The molecule has 0 spiro atoms. The molecule has 0 saturated carbocycles. The molecule has 0 aliphatic carbocycles. The maximum Gasteiger partial charge on any atom is 0.248 e. The summed E-state index contributed by atoms with van der Waals surface area (Å²) < 4.78 is 13.0. The zero-order valence-corrected chi connectivity index (χ0v) is 12.2. The van der Waals surface area contributed by atoms with Gasteiger partial charge in [-0.1, -0.05) is 42.5 Å². The van der Waals surface area contributed by atoms with Gasteiger partial charge in [0.25, 0.3) is 0 Å². The minimum Gasteiger partial charge on any atom is -0.505 e. The highest BCUT2D eigenvalue weighted by molar-refractivity contribution is 6.07. The van der Waals surface area contributed by atoms with Crippen LogP contribution < -0.4 is 5.32 Å². The van der Waals surface area contributed by atoms with Crippen molar-refractivity contribution in [2.75, 3.05) is 5.32 Å². The molecule has 0 aliphatic rings. The van der Waals surface area contributed by atoms with Crippen molar-refractivity contribution in [2.45, 2.75) is 0 Å². The van der Waals surface area contributed by atoms with E-state index in [1.807, 2.05) is 42.5 Å². The smallest absolute Gasteiger partial charge is 0.248 e. The number of hydrogen-bond acceptors (Lipinski definition) is 2. The van der Waals surface area contributed by atoms with Gasteiger partial charge < -0.3 is 10.4 Å². The van der Waals surface area contributed by atoms with Crippen LogP contribution in [0.15, 0.2) is 66.7 Å². The third kappa shape index (κ3) is 3.37. The summed E-state index contributed by atoms with van der Waals surface area (Å²) in [6, 6.07) is 17.3. The number of halogens is 1. The van der Waals surface area contributed by atoms with Crippen molar-refractivity contribution >= 4 is 28.4 Å². The maximum absolute atomic E-state index is 13.0. The summed E-state index contributed by atoms with van der Waals surface area (Å²) in [7, 11) is 0. The predicted octanol–water partition coefficient (Wildman–Crippen LogP) is 4.34. The number of hydrogen-bond donors (Lipinski definition) is 2. The van der Waals surface area contributed by atoms with Crippen LogP contribution >= 0.6 is 0 Å². The topological polar surface area (TPSA) is 49.3 Å². The molecule has 3 rings (SSSR count). The summed E-state index contributed by atoms with van der Waals surface area (Å²) in [4.78, 5) is 12.0. The molecular formula is C19H14FNO2. The second kappa shape index (κ2) is 6.32. The van der Waals surface area contributed by atoms with E-state index in [2.05, 4.69) is 5.32 Å². The lowest BCUT2D eigenvalue weighted by molar-refractivity contribution is -0.111. The van der Waals surface area contributed by atoms with Crippen LogP contribution in [-0.2, 0) is 4.79 Å². The molecule has 0 atom stereocenters. The molecule has 0 unspecified atom stereocenters. The van der Waals surface area contributed by atoms with E-state index >= 15 is 0 Å². The molecule has 0 heterocycles. The van der Waals surface area contributed by atoms with Crippen LogP contribution in [0, 0.1) is 5.82 Å². The average Bonchev–Trinajstić information content (AvgIpc) is 2.56. The number of nitrogens with one attached hydrogen (secondary N) is 1. The van der Waals surface area contributed by atoms with Crippen LogP contribution in [0.4, 0.5) is 10.1 Å². The van der Waals surface area contributed by atoms with Gasteiger partial charge in [-0.3, -0.25) is 4.79 Å². The number of aromatic hydroxyl groups is 1. The molecule has 0 aromatic heterocycles. The molecule has 0 aliphatic heterocycles. The van der Waals surface area contributed by atoms with Gasteiger partial charge >= 0.3 is 0 Å². The second-order valence-corrected chi connectivity index (χ2v) is 5.06. The van der Waals surface area contributed by atoms with Gasteiger partial charge in [0.05, 0.1) is 0 Å². The zero-order valence-electron chi connectivity index (χ0n) is 12.2. The van der Waals surface area contributed by atoms with E-state index in [0.717, 1.165) is 22.5 Å². The molecule has 3 aromatic rings. The van der Waals surface area contributed by atoms with Crippen LogP contribution in [0.25, 0.3) is 16.8 Å². The molecule has 0 radical (unpaired) electrons. The van der Waals surface area contributed by atoms with E-state index in [-0.39, 0.29) is 5.91 Å². The Kier molecular flexibility index (Phi) is 4.06. The van der Waals surface area contributed by atoms with Gasteiger partial charge in [-0.2, -0.15) is 0 Å². The van der Waals surface area contributed by atoms with Crippen molar-refractivity contribution in [3.63, 3.8) is 0 Å². The summed E-state index contributed by atoms with van der Waals surface area (Å²) in [5.41, 5.74) is 1.26. The molecule has 3 aromatic carbocycles. The Bertz CT molecular complexity index is 898. The number of fused-ring (bicyclic) bond motifs is 1. The van der Waals surface area contributed by atoms with Gasteiger partial charge in [-0.15, -0.1) is 0 Å². The van der Waals surface area contributed by atoms with Gasteiger partial charge in [0.2, 0.25) is 5.91 Å². The summed E-state index contributed by atoms with van der Waals surface area (Å²) >= 11 is 0. The molecule has 4 heteroatoms. The molecule has 3 nitrogen and oxygen atoms in total. The van der Waals surface area contributed by atoms with Crippen molar-refractivity contribution in [3.05, 3.63) is 78.1 Å². The van der Waals surface area contributed by atoms with Crippen molar-refractivity contribution in [3.8, 4) is 5.75 Å². The number of phenols is 1. The van der Waals surface area contributed by atoms with Crippen LogP contribution in [0.5, 0.6) is 5.75 Å². The minimum atomic E-state index is -0.692. The highest BCUT2D eigenvalue weighted by atomic mass is 19.1. The first-order valence-electron chi connectivity index (χ1n) is 7.09. The normalized spacial score (nSPS) is 11.0. The summed E-state index contributed by atoms with van der Waals surface area (Å²) in [5, 5.41) is 14.1. The first-order valence-corrected chi connectivity index (χ1v) is 7.09. The molecular weight excluding hydrogens is 293 g/mol. The number of carbonyl (C=O) groups is 1. The molecule has 2 N–H and O–H groups in total. The second-order valence-electron chi connectivity index (χ2n) is 5.06. The van der Waals surface area contributed by atoms with Gasteiger partial charge in [0.15, 0.2) is 11.6 Å². The lowest BCUT2D eigenvalue weighted by atomic mass is 10.1. The van der Waals surface area contributed by atoms with E-state index in [1.54, 1.807) is 0 Å². The Labute approximate surface area is 132 Å². The molecule has 1 amide bonds. The van der Waals surface area contributed by atoms with Gasteiger partial charge in [0, 0.05) is 17.1 Å². The van der Waals surface area contributed by atoms with E-state index in [9.17, 15) is 14.3 Å². The van der Waals surface area contributed by atoms with E-state index in [0.29, 0.717) is 5.56 Å². The molecule has 0 fully saturated rings. The largest absolute Gasteiger partial charge is 0.505 e. The standard InChI is InChI=1S/C19H14FNO2/c20-16-10-8-13(12-18(16)22)9-11-19(23)21-17-7-3-5-14-4-1-2-6-15(14)17/h1-12,22H,(H,21,23)/b11-9+. The van der Waals surface area contributed by atoms with Crippen molar-refractivity contribution in [2.24, 2.45) is 0 Å². The number of carbonyl (C=O) groups excluding carboxylic acids is 1.